The van der Waals surface area contributed by atoms with E-state index >= 15 is 0 Å². The van der Waals surface area contributed by atoms with E-state index in [2.05, 4.69) is 15.3 Å². The van der Waals surface area contributed by atoms with Gasteiger partial charge in [-0.3, -0.25) is 14.4 Å². The number of aromatic nitrogens is 2. The number of rotatable bonds is 7. The second kappa shape index (κ2) is 9.32. The van der Waals surface area contributed by atoms with Crippen LogP contribution in [0.5, 0.6) is 0 Å². The summed E-state index contributed by atoms with van der Waals surface area (Å²) in [5, 5.41) is 7.36. The first-order chi connectivity index (χ1) is 13.8. The zero-order valence-corrected chi connectivity index (χ0v) is 16.1. The van der Waals surface area contributed by atoms with Crippen LogP contribution >= 0.6 is 0 Å². The zero-order valence-electron chi connectivity index (χ0n) is 16.1. The van der Waals surface area contributed by atoms with E-state index in [4.69, 9.17) is 9.47 Å². The van der Waals surface area contributed by atoms with E-state index in [-0.39, 0.29) is 5.91 Å². The molecule has 2 unspecified atom stereocenters. The van der Waals surface area contributed by atoms with E-state index in [1.807, 2.05) is 41.2 Å². The number of nitrogens with zero attached hydrogens (tertiary/aromatic N) is 3. The molecule has 7 heteroatoms. The van der Waals surface area contributed by atoms with Gasteiger partial charge in [-0.05, 0) is 30.2 Å². The summed E-state index contributed by atoms with van der Waals surface area (Å²) in [6.45, 7) is 6.29. The van der Waals surface area contributed by atoms with Gasteiger partial charge in [0.25, 0.3) is 5.91 Å². The molecule has 2 fully saturated rings. The highest BCUT2D eigenvalue weighted by molar-refractivity contribution is 5.94. The minimum absolute atomic E-state index is 0.0252. The molecular formula is C21H28N4O3. The number of ether oxygens (including phenoxy) is 2. The fourth-order valence-corrected chi connectivity index (χ4v) is 4.00. The van der Waals surface area contributed by atoms with Gasteiger partial charge >= 0.3 is 0 Å². The van der Waals surface area contributed by atoms with Gasteiger partial charge in [0.2, 0.25) is 0 Å². The van der Waals surface area contributed by atoms with Crippen molar-refractivity contribution < 1.29 is 14.3 Å². The Balaban J connectivity index is 1.34. The van der Waals surface area contributed by atoms with Crippen LogP contribution in [0, 0.1) is 5.92 Å². The number of carbonyl (C=O) groups is 1. The fourth-order valence-electron chi connectivity index (χ4n) is 4.00. The summed E-state index contributed by atoms with van der Waals surface area (Å²) >= 11 is 0. The van der Waals surface area contributed by atoms with Crippen LogP contribution in [-0.4, -0.2) is 72.7 Å². The molecule has 2 aliphatic rings. The molecule has 2 aromatic rings. The summed E-state index contributed by atoms with van der Waals surface area (Å²) in [6.07, 6.45) is 4.75. The van der Waals surface area contributed by atoms with Crippen LogP contribution < -0.4 is 5.32 Å². The van der Waals surface area contributed by atoms with Gasteiger partial charge in [0.05, 0.1) is 26.4 Å². The van der Waals surface area contributed by atoms with Crippen molar-refractivity contribution in [2.75, 3.05) is 46.1 Å². The average molecular weight is 384 g/mol. The van der Waals surface area contributed by atoms with Crippen molar-refractivity contribution >= 4 is 5.91 Å². The van der Waals surface area contributed by atoms with Crippen molar-refractivity contribution in [2.24, 2.45) is 5.92 Å². The summed E-state index contributed by atoms with van der Waals surface area (Å²) in [4.78, 5) is 15.1. The molecule has 28 heavy (non-hydrogen) atoms. The predicted molar refractivity (Wildman–Crippen MR) is 105 cm³/mol. The van der Waals surface area contributed by atoms with Gasteiger partial charge in [0, 0.05) is 56.2 Å². The number of nitrogens with one attached hydrogen (secondary N) is 1. The van der Waals surface area contributed by atoms with E-state index in [0.717, 1.165) is 51.5 Å². The lowest BCUT2D eigenvalue weighted by atomic mass is 9.96. The molecule has 0 bridgehead atoms. The van der Waals surface area contributed by atoms with Crippen LogP contribution in [0.25, 0.3) is 0 Å². The van der Waals surface area contributed by atoms with Crippen molar-refractivity contribution in [3.8, 4) is 0 Å². The van der Waals surface area contributed by atoms with Crippen molar-refractivity contribution in [2.45, 2.75) is 19.0 Å². The molecule has 7 nitrogen and oxygen atoms in total. The first kappa shape index (κ1) is 19.1. The molecular weight excluding hydrogens is 356 g/mol. The van der Waals surface area contributed by atoms with E-state index in [1.165, 1.54) is 0 Å². The summed E-state index contributed by atoms with van der Waals surface area (Å²) in [7, 11) is 0. The second-order valence-electron chi connectivity index (χ2n) is 7.45. The Morgan fingerprint density at radius 1 is 1.18 bits per heavy atom. The van der Waals surface area contributed by atoms with Gasteiger partial charge < -0.3 is 14.8 Å². The number of benzene rings is 1. The molecule has 1 N–H and O–H groups in total. The van der Waals surface area contributed by atoms with Crippen LogP contribution in [-0.2, 0) is 16.0 Å². The number of morpholine rings is 1. The molecule has 0 radical (unpaired) electrons. The monoisotopic (exact) mass is 384 g/mol. The molecule has 1 amide bonds. The summed E-state index contributed by atoms with van der Waals surface area (Å²) < 4.78 is 13.0. The number of hydrogen-bond acceptors (Lipinski definition) is 5. The first-order valence-corrected chi connectivity index (χ1v) is 10.0. The Labute approximate surface area is 165 Å². The lowest BCUT2D eigenvalue weighted by Gasteiger charge is -2.37. The van der Waals surface area contributed by atoms with Gasteiger partial charge in [-0.1, -0.05) is 12.1 Å². The highest BCUT2D eigenvalue weighted by Gasteiger charge is 2.31. The maximum atomic E-state index is 12.7. The topological polar surface area (TPSA) is 68.6 Å². The van der Waals surface area contributed by atoms with Gasteiger partial charge in [-0.15, -0.1) is 0 Å². The molecule has 4 rings (SSSR count). The van der Waals surface area contributed by atoms with Crippen LogP contribution in [0.2, 0.25) is 0 Å². The van der Waals surface area contributed by atoms with Gasteiger partial charge in [0.15, 0.2) is 0 Å². The van der Waals surface area contributed by atoms with Crippen molar-refractivity contribution in [1.29, 1.82) is 0 Å². The molecule has 2 saturated heterocycles. The summed E-state index contributed by atoms with van der Waals surface area (Å²) in [5.41, 5.74) is 1.81. The van der Waals surface area contributed by atoms with Crippen LogP contribution in [0.3, 0.4) is 0 Å². The molecule has 0 saturated carbocycles. The zero-order chi connectivity index (χ0) is 19.2. The first-order valence-electron chi connectivity index (χ1n) is 10.0. The van der Waals surface area contributed by atoms with Crippen molar-refractivity contribution in [1.82, 2.24) is 20.0 Å². The third kappa shape index (κ3) is 4.79. The average Bonchev–Trinajstić information content (AvgIpc) is 3.44. The Morgan fingerprint density at radius 2 is 2.00 bits per heavy atom. The standard InChI is InChI=1S/C21H28N4O3/c26-21(18-4-2-17(3-5-18)15-25-8-1-7-23-25)22-14-20(19-6-11-28-16-19)24-9-12-27-13-10-24/h1-5,7-8,19-20H,6,9-16H2,(H,22,26). The lowest BCUT2D eigenvalue weighted by molar-refractivity contribution is 0.00166. The second-order valence-corrected chi connectivity index (χ2v) is 7.45. The molecule has 1 aromatic heterocycles. The summed E-state index contributed by atoms with van der Waals surface area (Å²) in [5.74, 6) is 0.442. The van der Waals surface area contributed by atoms with E-state index < -0.39 is 0 Å². The van der Waals surface area contributed by atoms with Crippen LogP contribution in [0.1, 0.15) is 22.3 Å². The van der Waals surface area contributed by atoms with Crippen LogP contribution in [0.4, 0.5) is 0 Å². The molecule has 3 heterocycles. The fraction of sp³-hybridized carbons (Fsp3) is 0.524. The number of carbonyl (C=O) groups excluding carboxylic acids is 1. The quantitative estimate of drug-likeness (QED) is 0.782. The smallest absolute Gasteiger partial charge is 0.251 e. The van der Waals surface area contributed by atoms with Crippen molar-refractivity contribution in [3.63, 3.8) is 0 Å². The third-order valence-corrected chi connectivity index (χ3v) is 5.62. The highest BCUT2D eigenvalue weighted by Crippen LogP contribution is 2.22. The number of hydrogen-bond donors (Lipinski definition) is 1. The van der Waals surface area contributed by atoms with E-state index in [1.54, 1.807) is 6.20 Å². The Bertz CT molecular complexity index is 736. The normalized spacial score (nSPS) is 21.5. The third-order valence-electron chi connectivity index (χ3n) is 5.62. The Morgan fingerprint density at radius 3 is 2.68 bits per heavy atom. The van der Waals surface area contributed by atoms with E-state index in [0.29, 0.717) is 30.6 Å². The van der Waals surface area contributed by atoms with Gasteiger partial charge in [-0.25, -0.2) is 0 Å². The molecule has 1 aromatic carbocycles. The predicted octanol–water partition coefficient (Wildman–Crippen LogP) is 1.40. The summed E-state index contributed by atoms with van der Waals surface area (Å²) in [6, 6.07) is 9.95. The molecule has 150 valence electrons. The molecule has 2 atom stereocenters. The minimum atomic E-state index is -0.0252. The molecule has 0 aliphatic carbocycles. The Hall–Kier alpha value is -2.22. The molecule has 0 spiro atoms. The van der Waals surface area contributed by atoms with E-state index in [9.17, 15) is 4.79 Å². The maximum absolute atomic E-state index is 12.7. The number of amides is 1. The van der Waals surface area contributed by atoms with Crippen molar-refractivity contribution in [3.05, 3.63) is 53.9 Å². The Kier molecular flexibility index (Phi) is 6.36. The largest absolute Gasteiger partial charge is 0.381 e. The molecule has 2 aliphatic heterocycles. The van der Waals surface area contributed by atoms with Gasteiger partial charge in [0.1, 0.15) is 0 Å². The van der Waals surface area contributed by atoms with Gasteiger partial charge in [-0.2, -0.15) is 5.10 Å². The lowest BCUT2D eigenvalue weighted by Crippen LogP contribution is -2.52. The SMILES string of the molecule is O=C(NCC(C1CCOC1)N1CCOCC1)c1ccc(Cn2cccn2)cc1. The highest BCUT2D eigenvalue weighted by atomic mass is 16.5. The van der Waals surface area contributed by atoms with Crippen LogP contribution in [0.15, 0.2) is 42.7 Å². The minimum Gasteiger partial charge on any atom is -0.381 e. The maximum Gasteiger partial charge on any atom is 0.251 e.